The van der Waals surface area contributed by atoms with Crippen LogP contribution in [0.3, 0.4) is 0 Å². The van der Waals surface area contributed by atoms with Crippen molar-refractivity contribution in [1.82, 2.24) is 5.32 Å². The molecule has 1 N–H and O–H groups in total. The van der Waals surface area contributed by atoms with Crippen molar-refractivity contribution >= 4 is 21.8 Å². The van der Waals surface area contributed by atoms with Crippen molar-refractivity contribution in [3.8, 4) is 0 Å². The van der Waals surface area contributed by atoms with Crippen molar-refractivity contribution < 1.29 is 9.53 Å². The Bertz CT molecular complexity index is 430. The van der Waals surface area contributed by atoms with E-state index in [2.05, 4.69) is 21.2 Å². The molecule has 2 atom stereocenters. The van der Waals surface area contributed by atoms with Crippen molar-refractivity contribution in [3.05, 3.63) is 34.3 Å². The van der Waals surface area contributed by atoms with Crippen LogP contribution in [0.5, 0.6) is 0 Å². The van der Waals surface area contributed by atoms with Gasteiger partial charge < -0.3 is 10.1 Å². The van der Waals surface area contributed by atoms with Gasteiger partial charge in [0.05, 0.1) is 11.7 Å². The predicted octanol–water partition coefficient (Wildman–Crippen LogP) is 3.53. The van der Waals surface area contributed by atoms with Crippen LogP contribution in [0.25, 0.3) is 0 Å². The van der Waals surface area contributed by atoms with E-state index in [0.717, 1.165) is 30.3 Å². The number of carbonyl (C=O) groups excluding carboxylic acids is 1. The van der Waals surface area contributed by atoms with Gasteiger partial charge in [-0.05, 0) is 60.7 Å². The zero-order valence-electron chi connectivity index (χ0n) is 11.2. The third-order valence-corrected chi connectivity index (χ3v) is 4.13. The van der Waals surface area contributed by atoms with Crippen LogP contribution in [0, 0.1) is 0 Å². The lowest BCUT2D eigenvalue weighted by Gasteiger charge is -2.16. The highest BCUT2D eigenvalue weighted by molar-refractivity contribution is 9.10. The Morgan fingerprint density at radius 2 is 2.32 bits per heavy atom. The summed E-state index contributed by atoms with van der Waals surface area (Å²) >= 11 is 3.40. The van der Waals surface area contributed by atoms with Crippen LogP contribution in [0.2, 0.25) is 0 Å². The minimum atomic E-state index is -0.0210. The van der Waals surface area contributed by atoms with Crippen LogP contribution >= 0.6 is 15.9 Å². The standard InChI is InChI=1S/C15H20BrNO2/c1-11(8-9-12-5-4-10-19-12)17-15(18)13-6-2-3-7-14(13)16/h2-3,6-7,11-12H,4-5,8-10H2,1H3,(H,17,18). The van der Waals surface area contributed by atoms with Crippen molar-refractivity contribution in [3.63, 3.8) is 0 Å². The van der Waals surface area contributed by atoms with Gasteiger partial charge in [0.2, 0.25) is 0 Å². The van der Waals surface area contributed by atoms with E-state index in [1.165, 1.54) is 6.42 Å². The Morgan fingerprint density at radius 3 is 3.00 bits per heavy atom. The monoisotopic (exact) mass is 325 g/mol. The number of benzene rings is 1. The molecular formula is C15H20BrNO2. The van der Waals surface area contributed by atoms with E-state index in [-0.39, 0.29) is 11.9 Å². The second kappa shape index (κ2) is 7.06. The number of rotatable bonds is 5. The lowest BCUT2D eigenvalue weighted by atomic mass is 10.1. The Labute approximate surface area is 122 Å². The molecule has 0 aromatic heterocycles. The summed E-state index contributed by atoms with van der Waals surface area (Å²) in [5.74, 6) is -0.0210. The first kappa shape index (κ1) is 14.5. The molecule has 0 aliphatic carbocycles. The summed E-state index contributed by atoms with van der Waals surface area (Å²) in [4.78, 5) is 12.1. The molecule has 1 amide bonds. The van der Waals surface area contributed by atoms with Crippen LogP contribution in [0.15, 0.2) is 28.7 Å². The van der Waals surface area contributed by atoms with Gasteiger partial charge >= 0.3 is 0 Å². The molecular weight excluding hydrogens is 306 g/mol. The molecule has 2 rings (SSSR count). The van der Waals surface area contributed by atoms with E-state index in [1.54, 1.807) is 0 Å². The Morgan fingerprint density at radius 1 is 1.53 bits per heavy atom. The number of amides is 1. The first-order valence-corrected chi connectivity index (χ1v) is 7.63. The molecule has 0 spiro atoms. The van der Waals surface area contributed by atoms with Crippen LogP contribution in [-0.4, -0.2) is 24.7 Å². The number of nitrogens with one attached hydrogen (secondary N) is 1. The second-order valence-electron chi connectivity index (χ2n) is 5.07. The largest absolute Gasteiger partial charge is 0.378 e. The van der Waals surface area contributed by atoms with E-state index >= 15 is 0 Å². The van der Waals surface area contributed by atoms with E-state index < -0.39 is 0 Å². The molecule has 1 aliphatic rings. The topological polar surface area (TPSA) is 38.3 Å². The molecule has 104 valence electrons. The molecule has 1 fully saturated rings. The number of hydrogen-bond acceptors (Lipinski definition) is 2. The minimum absolute atomic E-state index is 0.0210. The summed E-state index contributed by atoms with van der Waals surface area (Å²) in [6, 6.07) is 7.65. The molecule has 2 unspecified atom stereocenters. The molecule has 19 heavy (non-hydrogen) atoms. The maximum absolute atomic E-state index is 12.1. The summed E-state index contributed by atoms with van der Waals surface area (Å²) in [6.45, 7) is 2.94. The Kier molecular flexibility index (Phi) is 5.40. The van der Waals surface area contributed by atoms with Crippen LogP contribution in [-0.2, 0) is 4.74 Å². The van der Waals surface area contributed by atoms with Crippen molar-refractivity contribution in [2.75, 3.05) is 6.61 Å². The van der Waals surface area contributed by atoms with Crippen molar-refractivity contribution in [1.29, 1.82) is 0 Å². The zero-order chi connectivity index (χ0) is 13.7. The minimum Gasteiger partial charge on any atom is -0.378 e. The summed E-state index contributed by atoms with van der Waals surface area (Å²) in [5.41, 5.74) is 0.687. The highest BCUT2D eigenvalue weighted by Crippen LogP contribution is 2.19. The average molecular weight is 326 g/mol. The van der Waals surface area contributed by atoms with Crippen LogP contribution < -0.4 is 5.32 Å². The molecule has 1 aliphatic heterocycles. The third-order valence-electron chi connectivity index (χ3n) is 3.44. The molecule has 0 radical (unpaired) electrons. The highest BCUT2D eigenvalue weighted by atomic mass is 79.9. The Balaban J connectivity index is 1.79. The lowest BCUT2D eigenvalue weighted by molar-refractivity contribution is 0.0899. The van der Waals surface area contributed by atoms with E-state index in [9.17, 15) is 4.79 Å². The van der Waals surface area contributed by atoms with E-state index in [0.29, 0.717) is 11.7 Å². The van der Waals surface area contributed by atoms with E-state index in [1.807, 2.05) is 31.2 Å². The van der Waals surface area contributed by atoms with Gasteiger partial charge in [0, 0.05) is 17.1 Å². The van der Waals surface area contributed by atoms with Gasteiger partial charge in [-0.3, -0.25) is 4.79 Å². The first-order valence-electron chi connectivity index (χ1n) is 6.84. The molecule has 1 aromatic rings. The molecule has 1 heterocycles. The molecule has 0 bridgehead atoms. The maximum Gasteiger partial charge on any atom is 0.252 e. The number of ether oxygens (including phenoxy) is 1. The van der Waals surface area contributed by atoms with Gasteiger partial charge in [0.1, 0.15) is 0 Å². The molecule has 1 aromatic carbocycles. The summed E-state index contributed by atoms with van der Waals surface area (Å²) in [6.07, 6.45) is 4.70. The normalized spacial score (nSPS) is 20.2. The van der Waals surface area contributed by atoms with Crippen molar-refractivity contribution in [2.45, 2.75) is 44.8 Å². The average Bonchev–Trinajstić information content (AvgIpc) is 2.90. The van der Waals surface area contributed by atoms with Crippen LogP contribution in [0.4, 0.5) is 0 Å². The number of hydrogen-bond donors (Lipinski definition) is 1. The first-order chi connectivity index (χ1) is 9.16. The van der Waals surface area contributed by atoms with Gasteiger partial charge in [-0.2, -0.15) is 0 Å². The molecule has 3 nitrogen and oxygen atoms in total. The van der Waals surface area contributed by atoms with Crippen molar-refractivity contribution in [2.24, 2.45) is 0 Å². The van der Waals surface area contributed by atoms with Gasteiger partial charge in [-0.15, -0.1) is 0 Å². The van der Waals surface area contributed by atoms with Gasteiger partial charge in [0.25, 0.3) is 5.91 Å². The van der Waals surface area contributed by atoms with Crippen LogP contribution in [0.1, 0.15) is 43.0 Å². The highest BCUT2D eigenvalue weighted by Gasteiger charge is 2.17. The lowest BCUT2D eigenvalue weighted by Crippen LogP contribution is -2.33. The van der Waals surface area contributed by atoms with Gasteiger partial charge in [-0.25, -0.2) is 0 Å². The predicted molar refractivity (Wildman–Crippen MR) is 79.3 cm³/mol. The third kappa shape index (κ3) is 4.32. The van der Waals surface area contributed by atoms with E-state index in [4.69, 9.17) is 4.74 Å². The molecule has 4 heteroatoms. The molecule has 0 saturated carbocycles. The fraction of sp³-hybridized carbons (Fsp3) is 0.533. The summed E-state index contributed by atoms with van der Waals surface area (Å²) in [7, 11) is 0. The summed E-state index contributed by atoms with van der Waals surface area (Å²) in [5, 5.41) is 3.04. The zero-order valence-corrected chi connectivity index (χ0v) is 12.8. The molecule has 1 saturated heterocycles. The SMILES string of the molecule is CC(CCC1CCCO1)NC(=O)c1ccccc1Br. The number of halogens is 1. The second-order valence-corrected chi connectivity index (χ2v) is 5.92. The fourth-order valence-corrected chi connectivity index (χ4v) is 2.79. The number of carbonyl (C=O) groups is 1. The Hall–Kier alpha value is -0.870. The smallest absolute Gasteiger partial charge is 0.252 e. The fourth-order valence-electron chi connectivity index (χ4n) is 2.33. The van der Waals surface area contributed by atoms with Gasteiger partial charge in [-0.1, -0.05) is 12.1 Å². The maximum atomic E-state index is 12.1. The summed E-state index contributed by atoms with van der Waals surface area (Å²) < 4.78 is 6.42. The quantitative estimate of drug-likeness (QED) is 0.899. The van der Waals surface area contributed by atoms with Gasteiger partial charge in [0.15, 0.2) is 0 Å².